The number of nitrogens with two attached hydrogens (primary N) is 1. The summed E-state index contributed by atoms with van der Waals surface area (Å²) in [6.45, 7) is 2.46. The zero-order chi connectivity index (χ0) is 18.9. The normalized spacial score (nSPS) is 22.0. The predicted octanol–water partition coefficient (Wildman–Crippen LogP) is 3.82. The summed E-state index contributed by atoms with van der Waals surface area (Å²) in [5.74, 6) is 0.177. The molecule has 2 aliphatic rings. The Balaban J connectivity index is 1.78. The van der Waals surface area contributed by atoms with Crippen LogP contribution in [0.1, 0.15) is 29.5 Å². The number of aryl methyl sites for hydroxylation is 1. The van der Waals surface area contributed by atoms with Crippen LogP contribution >= 0.6 is 0 Å². The number of benzene rings is 2. The summed E-state index contributed by atoms with van der Waals surface area (Å²) in [4.78, 5) is 20.0. The minimum Gasteiger partial charge on any atom is -0.369 e. The van der Waals surface area contributed by atoms with Crippen molar-refractivity contribution in [1.29, 1.82) is 0 Å². The second-order valence-electron chi connectivity index (χ2n) is 7.07. The highest BCUT2D eigenvalue weighted by molar-refractivity contribution is 6.09. The van der Waals surface area contributed by atoms with Crippen molar-refractivity contribution in [3.8, 4) is 0 Å². The van der Waals surface area contributed by atoms with Gasteiger partial charge in [-0.25, -0.2) is 4.99 Å². The Morgan fingerprint density at radius 3 is 2.63 bits per heavy atom. The molecular formula is C23H23N3O. The molecule has 4 rings (SSSR count). The zero-order valence-corrected chi connectivity index (χ0v) is 15.4. The van der Waals surface area contributed by atoms with Crippen molar-refractivity contribution in [2.45, 2.75) is 31.8 Å². The molecule has 2 N–H and O–H groups in total. The maximum absolute atomic E-state index is 13.7. The average molecular weight is 357 g/mol. The van der Waals surface area contributed by atoms with Gasteiger partial charge in [0.25, 0.3) is 5.91 Å². The van der Waals surface area contributed by atoms with Crippen LogP contribution in [-0.2, 0) is 16.9 Å². The van der Waals surface area contributed by atoms with Crippen LogP contribution in [0.25, 0.3) is 0 Å². The monoisotopic (exact) mass is 357 g/mol. The van der Waals surface area contributed by atoms with Crippen molar-refractivity contribution in [1.82, 2.24) is 4.90 Å². The van der Waals surface area contributed by atoms with E-state index in [1.807, 2.05) is 61.5 Å². The Bertz CT molecular complexity index is 959. The Kier molecular flexibility index (Phi) is 4.40. The molecule has 1 atom stereocenters. The van der Waals surface area contributed by atoms with Crippen molar-refractivity contribution in [2.24, 2.45) is 10.7 Å². The lowest BCUT2D eigenvalue weighted by molar-refractivity contribution is -0.130. The predicted molar refractivity (Wildman–Crippen MR) is 108 cm³/mol. The molecule has 4 heteroatoms. The van der Waals surface area contributed by atoms with E-state index < -0.39 is 5.54 Å². The summed E-state index contributed by atoms with van der Waals surface area (Å²) in [5, 5.41) is 0. The first kappa shape index (κ1) is 17.3. The van der Waals surface area contributed by atoms with Crippen LogP contribution in [0.2, 0.25) is 0 Å². The fourth-order valence-corrected chi connectivity index (χ4v) is 3.83. The Hall–Kier alpha value is -3.14. The van der Waals surface area contributed by atoms with Gasteiger partial charge in [0.1, 0.15) is 0 Å². The van der Waals surface area contributed by atoms with Crippen molar-refractivity contribution in [2.75, 3.05) is 0 Å². The van der Waals surface area contributed by atoms with Crippen LogP contribution in [0.4, 0.5) is 0 Å². The van der Waals surface area contributed by atoms with E-state index >= 15 is 0 Å². The van der Waals surface area contributed by atoms with Crippen LogP contribution in [0, 0.1) is 6.92 Å². The minimum absolute atomic E-state index is 0.0921. The highest BCUT2D eigenvalue weighted by atomic mass is 16.2. The van der Waals surface area contributed by atoms with Gasteiger partial charge in [0, 0.05) is 0 Å². The van der Waals surface area contributed by atoms with Crippen molar-refractivity contribution in [3.05, 3.63) is 95.1 Å². The van der Waals surface area contributed by atoms with Crippen LogP contribution in [0.5, 0.6) is 0 Å². The Labute approximate surface area is 159 Å². The number of allylic oxidation sites excluding steroid dienone is 2. The smallest absolute Gasteiger partial charge is 0.266 e. The fourth-order valence-electron chi connectivity index (χ4n) is 3.83. The highest BCUT2D eigenvalue weighted by Crippen LogP contribution is 2.42. The Morgan fingerprint density at radius 2 is 1.93 bits per heavy atom. The van der Waals surface area contributed by atoms with Gasteiger partial charge in [-0.3, -0.25) is 9.69 Å². The third-order valence-electron chi connectivity index (χ3n) is 5.14. The molecule has 1 heterocycles. The summed E-state index contributed by atoms with van der Waals surface area (Å²) in [6, 6.07) is 17.8. The maximum Gasteiger partial charge on any atom is 0.266 e. The van der Waals surface area contributed by atoms with Crippen molar-refractivity contribution in [3.63, 3.8) is 0 Å². The van der Waals surface area contributed by atoms with Crippen LogP contribution in [0.15, 0.2) is 83.4 Å². The van der Waals surface area contributed by atoms with Gasteiger partial charge in [-0.15, -0.1) is 0 Å². The second-order valence-corrected chi connectivity index (χ2v) is 7.07. The molecule has 0 saturated carbocycles. The molecule has 0 saturated heterocycles. The summed E-state index contributed by atoms with van der Waals surface area (Å²) in [7, 11) is 0. The van der Waals surface area contributed by atoms with Gasteiger partial charge in [-0.1, -0.05) is 78.4 Å². The number of hydrogen-bond donors (Lipinski definition) is 1. The van der Waals surface area contributed by atoms with Gasteiger partial charge in [0.15, 0.2) is 11.5 Å². The molecule has 2 aromatic carbocycles. The molecule has 0 spiro atoms. The lowest BCUT2D eigenvalue weighted by Crippen LogP contribution is -2.43. The number of aliphatic imine (C=N–C) groups is 1. The first-order chi connectivity index (χ1) is 13.1. The van der Waals surface area contributed by atoms with Gasteiger partial charge in [-0.05, 0) is 36.5 Å². The largest absolute Gasteiger partial charge is 0.369 e. The van der Waals surface area contributed by atoms with E-state index in [9.17, 15) is 4.79 Å². The third-order valence-corrected chi connectivity index (χ3v) is 5.14. The van der Waals surface area contributed by atoms with Gasteiger partial charge >= 0.3 is 0 Å². The van der Waals surface area contributed by atoms with E-state index in [4.69, 9.17) is 10.7 Å². The lowest BCUT2D eigenvalue weighted by Gasteiger charge is -2.29. The maximum atomic E-state index is 13.7. The number of carbonyl (C=O) groups is 1. The summed E-state index contributed by atoms with van der Waals surface area (Å²) < 4.78 is 0. The van der Waals surface area contributed by atoms with E-state index in [1.165, 1.54) is 0 Å². The molecule has 136 valence electrons. The quantitative estimate of drug-likeness (QED) is 0.904. The van der Waals surface area contributed by atoms with Gasteiger partial charge in [0.2, 0.25) is 0 Å². The van der Waals surface area contributed by atoms with Gasteiger partial charge in [0.05, 0.1) is 6.54 Å². The SMILES string of the molecule is Cc1cccc(CN2C(=O)C(C3=CCCC=C3)(c3ccccc3)N=C2N)c1. The van der Waals surface area contributed by atoms with Gasteiger partial charge < -0.3 is 5.73 Å². The molecular weight excluding hydrogens is 334 g/mol. The van der Waals surface area contributed by atoms with Crippen molar-refractivity contribution < 1.29 is 4.79 Å². The van der Waals surface area contributed by atoms with Crippen LogP contribution < -0.4 is 5.73 Å². The standard InChI is InChI=1S/C23H23N3O/c1-17-9-8-10-18(15-17)16-26-21(27)23(25-22(26)24,19-11-4-2-5-12-19)20-13-6-3-7-14-20/h2,4-6,8-15H,3,7,16H2,1H3,(H2,24,25). The molecule has 1 aliphatic heterocycles. The first-order valence-electron chi connectivity index (χ1n) is 9.27. The molecule has 0 bridgehead atoms. The number of hydrogen-bond acceptors (Lipinski definition) is 3. The van der Waals surface area contributed by atoms with E-state index in [2.05, 4.69) is 18.2 Å². The molecule has 1 unspecified atom stereocenters. The van der Waals surface area contributed by atoms with Crippen LogP contribution in [-0.4, -0.2) is 16.8 Å². The number of carbonyl (C=O) groups excluding carboxylic acids is 1. The van der Waals surface area contributed by atoms with E-state index in [1.54, 1.807) is 4.90 Å². The molecule has 27 heavy (non-hydrogen) atoms. The minimum atomic E-state index is -1.09. The number of amides is 1. The number of rotatable bonds is 4. The molecule has 4 nitrogen and oxygen atoms in total. The molecule has 0 aromatic heterocycles. The van der Waals surface area contributed by atoms with E-state index in [0.29, 0.717) is 6.54 Å². The average Bonchev–Trinajstić information content (AvgIpc) is 2.95. The fraction of sp³-hybridized carbons (Fsp3) is 0.217. The van der Waals surface area contributed by atoms with Gasteiger partial charge in [-0.2, -0.15) is 0 Å². The topological polar surface area (TPSA) is 58.7 Å². The lowest BCUT2D eigenvalue weighted by atomic mass is 9.80. The Morgan fingerprint density at radius 1 is 1.11 bits per heavy atom. The highest BCUT2D eigenvalue weighted by Gasteiger charge is 2.51. The zero-order valence-electron chi connectivity index (χ0n) is 15.4. The number of guanidine groups is 1. The number of nitrogens with zero attached hydrogens (tertiary/aromatic N) is 2. The first-order valence-corrected chi connectivity index (χ1v) is 9.27. The molecule has 2 aromatic rings. The van der Waals surface area contributed by atoms with E-state index in [0.717, 1.165) is 35.1 Å². The summed E-state index contributed by atoms with van der Waals surface area (Å²) >= 11 is 0. The second kappa shape index (κ2) is 6.88. The third kappa shape index (κ3) is 2.97. The molecule has 1 amide bonds. The molecule has 0 fully saturated rings. The summed E-state index contributed by atoms with van der Waals surface area (Å²) in [5.41, 5.74) is 9.13. The van der Waals surface area contributed by atoms with Crippen molar-refractivity contribution >= 4 is 11.9 Å². The summed E-state index contributed by atoms with van der Waals surface area (Å²) in [6.07, 6.45) is 8.11. The van der Waals surface area contributed by atoms with E-state index in [-0.39, 0.29) is 11.9 Å². The molecule has 0 radical (unpaired) electrons. The van der Waals surface area contributed by atoms with Crippen LogP contribution in [0.3, 0.4) is 0 Å². The molecule has 1 aliphatic carbocycles.